The van der Waals surface area contributed by atoms with Crippen molar-refractivity contribution in [2.45, 2.75) is 52.5 Å². The highest BCUT2D eigenvalue weighted by atomic mass is 16.5. The van der Waals surface area contributed by atoms with Crippen molar-refractivity contribution in [1.82, 2.24) is 19.4 Å². The van der Waals surface area contributed by atoms with Gasteiger partial charge in [-0.15, -0.1) is 0 Å². The third-order valence-corrected chi connectivity index (χ3v) is 5.98. The van der Waals surface area contributed by atoms with E-state index in [2.05, 4.69) is 21.5 Å². The molecule has 1 amide bonds. The van der Waals surface area contributed by atoms with E-state index >= 15 is 0 Å². The lowest BCUT2D eigenvalue weighted by molar-refractivity contribution is -0.149. The zero-order chi connectivity index (χ0) is 19.6. The number of hydrogen-bond acceptors (Lipinski definition) is 5. The van der Waals surface area contributed by atoms with Crippen molar-refractivity contribution in [3.8, 4) is 0 Å². The Morgan fingerprint density at radius 2 is 1.70 bits per heavy atom. The predicted octanol–water partition coefficient (Wildman–Crippen LogP) is 2.18. The Labute approximate surface area is 161 Å². The summed E-state index contributed by atoms with van der Waals surface area (Å²) < 4.78 is 7.37. The van der Waals surface area contributed by atoms with E-state index in [9.17, 15) is 9.59 Å². The summed E-state index contributed by atoms with van der Waals surface area (Å²) in [5, 5.41) is 0. The molecule has 7 heteroatoms. The number of piperidine rings is 2. The van der Waals surface area contributed by atoms with Gasteiger partial charge in [-0.1, -0.05) is 0 Å². The second-order valence-electron chi connectivity index (χ2n) is 7.82. The lowest BCUT2D eigenvalue weighted by atomic mass is 9.96. The van der Waals surface area contributed by atoms with Crippen LogP contribution in [0.5, 0.6) is 0 Å². The molecule has 0 N–H and O–H groups in total. The summed E-state index contributed by atoms with van der Waals surface area (Å²) in [5.41, 5.74) is 1.54. The average Bonchev–Trinajstić information content (AvgIpc) is 2.96. The van der Waals surface area contributed by atoms with E-state index in [1.165, 1.54) is 0 Å². The zero-order valence-electron chi connectivity index (χ0n) is 17.0. The van der Waals surface area contributed by atoms with E-state index in [-0.39, 0.29) is 17.8 Å². The predicted molar refractivity (Wildman–Crippen MR) is 103 cm³/mol. The summed E-state index contributed by atoms with van der Waals surface area (Å²) in [6.07, 6.45) is 3.51. The highest BCUT2D eigenvalue weighted by Gasteiger charge is 2.32. The van der Waals surface area contributed by atoms with E-state index in [1.807, 2.05) is 25.7 Å². The molecule has 2 fully saturated rings. The van der Waals surface area contributed by atoms with Crippen molar-refractivity contribution < 1.29 is 14.3 Å². The molecule has 2 aliphatic rings. The topological polar surface area (TPSA) is 67.7 Å². The number of aryl methyl sites for hydroxylation is 1. The van der Waals surface area contributed by atoms with E-state index in [0.29, 0.717) is 44.3 Å². The third-order valence-electron chi connectivity index (χ3n) is 5.98. The van der Waals surface area contributed by atoms with Crippen LogP contribution in [-0.2, 0) is 9.53 Å². The maximum Gasteiger partial charge on any atom is 0.309 e. The van der Waals surface area contributed by atoms with Gasteiger partial charge in [0, 0.05) is 24.8 Å². The second-order valence-corrected chi connectivity index (χ2v) is 7.82. The Kier molecular flexibility index (Phi) is 6.19. The molecule has 1 aromatic heterocycles. The molecule has 0 aliphatic carbocycles. The van der Waals surface area contributed by atoms with Gasteiger partial charge in [0.05, 0.1) is 12.5 Å². The van der Waals surface area contributed by atoms with Gasteiger partial charge in [-0.2, -0.15) is 0 Å². The first-order valence-electron chi connectivity index (χ1n) is 10.1. The highest BCUT2D eigenvalue weighted by Crippen LogP contribution is 2.28. The van der Waals surface area contributed by atoms with E-state index in [0.717, 1.165) is 37.4 Å². The van der Waals surface area contributed by atoms with Gasteiger partial charge in [-0.05, 0) is 66.6 Å². The third kappa shape index (κ3) is 4.18. The Morgan fingerprint density at radius 3 is 2.30 bits per heavy atom. The number of esters is 1. The minimum absolute atomic E-state index is 0.00964. The van der Waals surface area contributed by atoms with Gasteiger partial charge in [-0.25, -0.2) is 4.98 Å². The number of carbonyl (C=O) groups excluding carboxylic acids is 2. The second kappa shape index (κ2) is 8.42. The normalized spacial score (nSPS) is 20.1. The quantitative estimate of drug-likeness (QED) is 0.754. The molecule has 3 heterocycles. The van der Waals surface area contributed by atoms with Crippen LogP contribution in [0, 0.1) is 19.8 Å². The molecule has 0 atom stereocenters. The molecule has 7 nitrogen and oxygen atoms in total. The van der Waals surface area contributed by atoms with Crippen LogP contribution in [0.15, 0.2) is 0 Å². The monoisotopic (exact) mass is 376 g/mol. The summed E-state index contributed by atoms with van der Waals surface area (Å²) in [6, 6.07) is 0.421. The van der Waals surface area contributed by atoms with Crippen LogP contribution in [0.4, 0.5) is 0 Å². The number of likely N-dealkylation sites (tertiary alicyclic amines) is 2. The van der Waals surface area contributed by atoms with Crippen molar-refractivity contribution in [1.29, 1.82) is 0 Å². The number of imidazole rings is 1. The van der Waals surface area contributed by atoms with Gasteiger partial charge >= 0.3 is 5.97 Å². The molecule has 0 aromatic carbocycles. The van der Waals surface area contributed by atoms with Crippen LogP contribution < -0.4 is 0 Å². The van der Waals surface area contributed by atoms with Gasteiger partial charge in [0.15, 0.2) is 0 Å². The zero-order valence-corrected chi connectivity index (χ0v) is 17.0. The van der Waals surface area contributed by atoms with Gasteiger partial charge in [0.1, 0.15) is 11.5 Å². The standard InChI is InChI=1S/C20H32N4O3/c1-5-27-20(26)16-6-12-23(13-7-16)19(25)18-14(2)24(15(3)21-18)17-8-10-22(4)11-9-17/h16-17H,5-13H2,1-4H3. The Bertz CT molecular complexity index is 684. The first kappa shape index (κ1) is 19.9. The summed E-state index contributed by atoms with van der Waals surface area (Å²) in [5.74, 6) is 0.688. The van der Waals surface area contributed by atoms with Crippen molar-refractivity contribution >= 4 is 11.9 Å². The molecule has 0 radical (unpaired) electrons. The molecule has 0 spiro atoms. The largest absolute Gasteiger partial charge is 0.466 e. The van der Waals surface area contributed by atoms with Gasteiger partial charge in [0.2, 0.25) is 0 Å². The Morgan fingerprint density at radius 1 is 1.07 bits per heavy atom. The summed E-state index contributed by atoms with van der Waals surface area (Å²) in [7, 11) is 2.15. The van der Waals surface area contributed by atoms with Crippen LogP contribution in [0.2, 0.25) is 0 Å². The highest BCUT2D eigenvalue weighted by molar-refractivity contribution is 5.93. The molecule has 0 unspecified atom stereocenters. The number of rotatable bonds is 4. The summed E-state index contributed by atoms with van der Waals surface area (Å²) >= 11 is 0. The number of aromatic nitrogens is 2. The number of nitrogens with zero attached hydrogens (tertiary/aromatic N) is 4. The minimum atomic E-state index is -0.136. The number of carbonyl (C=O) groups is 2. The number of hydrogen-bond donors (Lipinski definition) is 0. The van der Waals surface area contributed by atoms with Crippen LogP contribution >= 0.6 is 0 Å². The first-order chi connectivity index (χ1) is 12.9. The van der Waals surface area contributed by atoms with E-state index in [1.54, 1.807) is 0 Å². The Hall–Kier alpha value is -1.89. The van der Waals surface area contributed by atoms with Crippen LogP contribution in [0.3, 0.4) is 0 Å². The van der Waals surface area contributed by atoms with Crippen molar-refractivity contribution in [2.24, 2.45) is 5.92 Å². The van der Waals surface area contributed by atoms with Crippen LogP contribution in [0.1, 0.15) is 60.7 Å². The van der Waals surface area contributed by atoms with Gasteiger partial charge < -0.3 is 19.1 Å². The average molecular weight is 377 g/mol. The lowest BCUT2D eigenvalue weighted by Gasteiger charge is -2.32. The molecule has 150 valence electrons. The molecular weight excluding hydrogens is 344 g/mol. The lowest BCUT2D eigenvalue weighted by Crippen LogP contribution is -2.41. The maximum absolute atomic E-state index is 13.0. The Balaban J connectivity index is 1.68. The number of amides is 1. The molecule has 2 aliphatic heterocycles. The molecular formula is C20H32N4O3. The van der Waals surface area contributed by atoms with Crippen LogP contribution in [-0.4, -0.2) is 71.1 Å². The first-order valence-corrected chi connectivity index (χ1v) is 10.1. The fraction of sp³-hybridized carbons (Fsp3) is 0.750. The fourth-order valence-electron chi connectivity index (χ4n) is 4.38. The van der Waals surface area contributed by atoms with E-state index in [4.69, 9.17) is 4.74 Å². The van der Waals surface area contributed by atoms with Crippen LogP contribution in [0.25, 0.3) is 0 Å². The SMILES string of the molecule is CCOC(=O)C1CCN(C(=O)c2nc(C)n(C3CCN(C)CC3)c2C)CC1. The van der Waals surface area contributed by atoms with E-state index < -0.39 is 0 Å². The molecule has 0 saturated carbocycles. The van der Waals surface area contributed by atoms with Gasteiger partial charge in [-0.3, -0.25) is 9.59 Å². The molecule has 2 saturated heterocycles. The summed E-state index contributed by atoms with van der Waals surface area (Å²) in [4.78, 5) is 33.8. The minimum Gasteiger partial charge on any atom is -0.466 e. The maximum atomic E-state index is 13.0. The molecule has 3 rings (SSSR count). The summed E-state index contributed by atoms with van der Waals surface area (Å²) in [6.45, 7) is 9.56. The smallest absolute Gasteiger partial charge is 0.309 e. The number of ether oxygens (including phenoxy) is 1. The molecule has 1 aromatic rings. The molecule has 27 heavy (non-hydrogen) atoms. The van der Waals surface area contributed by atoms with Crippen molar-refractivity contribution in [3.63, 3.8) is 0 Å². The fourth-order valence-corrected chi connectivity index (χ4v) is 4.38. The van der Waals surface area contributed by atoms with Crippen molar-refractivity contribution in [2.75, 3.05) is 39.8 Å². The van der Waals surface area contributed by atoms with Gasteiger partial charge in [0.25, 0.3) is 5.91 Å². The van der Waals surface area contributed by atoms with Crippen molar-refractivity contribution in [3.05, 3.63) is 17.2 Å². The molecule has 0 bridgehead atoms.